The fourth-order valence-electron chi connectivity index (χ4n) is 2.63. The fraction of sp³-hybridized carbons (Fsp3) is 0.105. The van der Waals surface area contributed by atoms with Crippen molar-refractivity contribution < 1.29 is 9.90 Å². The zero-order chi connectivity index (χ0) is 15.5. The topological polar surface area (TPSA) is 42.2 Å². The quantitative estimate of drug-likeness (QED) is 0.733. The number of carboxylic acid groups (broad SMARTS) is 1. The summed E-state index contributed by atoms with van der Waals surface area (Å²) < 4.78 is 2.20. The summed E-state index contributed by atoms with van der Waals surface area (Å²) in [5, 5.41) is 9.96. The Balaban J connectivity index is 1.95. The third-order valence-electron chi connectivity index (χ3n) is 3.76. The SMILES string of the molecule is C/C(=C\C(=O)O)c1ccc2c(ccn2Cc2ccccc2)c1. The Labute approximate surface area is 129 Å². The monoisotopic (exact) mass is 291 g/mol. The van der Waals surface area contributed by atoms with Gasteiger partial charge in [-0.05, 0) is 41.8 Å². The molecule has 0 unspecified atom stereocenters. The molecule has 3 heteroatoms. The summed E-state index contributed by atoms with van der Waals surface area (Å²) >= 11 is 0. The molecule has 1 N–H and O–H groups in total. The summed E-state index contributed by atoms with van der Waals surface area (Å²) in [6.45, 7) is 2.64. The van der Waals surface area contributed by atoms with Gasteiger partial charge in [-0.15, -0.1) is 0 Å². The highest BCUT2D eigenvalue weighted by atomic mass is 16.4. The van der Waals surface area contributed by atoms with Crippen molar-refractivity contribution in [3.8, 4) is 0 Å². The van der Waals surface area contributed by atoms with E-state index in [1.54, 1.807) is 0 Å². The zero-order valence-corrected chi connectivity index (χ0v) is 12.4. The van der Waals surface area contributed by atoms with E-state index in [2.05, 4.69) is 29.0 Å². The van der Waals surface area contributed by atoms with Gasteiger partial charge < -0.3 is 9.67 Å². The molecule has 3 nitrogen and oxygen atoms in total. The van der Waals surface area contributed by atoms with Crippen LogP contribution < -0.4 is 0 Å². The van der Waals surface area contributed by atoms with Crippen molar-refractivity contribution in [1.29, 1.82) is 0 Å². The summed E-state index contributed by atoms with van der Waals surface area (Å²) in [7, 11) is 0. The number of benzene rings is 2. The van der Waals surface area contributed by atoms with Gasteiger partial charge in [-0.2, -0.15) is 0 Å². The number of allylic oxidation sites excluding steroid dienone is 1. The number of aromatic nitrogens is 1. The first-order valence-corrected chi connectivity index (χ1v) is 7.18. The van der Waals surface area contributed by atoms with E-state index in [1.165, 1.54) is 11.6 Å². The first-order valence-electron chi connectivity index (χ1n) is 7.18. The van der Waals surface area contributed by atoms with Gasteiger partial charge in [-0.1, -0.05) is 36.4 Å². The number of carbonyl (C=O) groups is 1. The van der Waals surface area contributed by atoms with E-state index in [1.807, 2.05) is 43.3 Å². The number of aliphatic carboxylic acids is 1. The lowest BCUT2D eigenvalue weighted by Crippen LogP contribution is -1.97. The minimum Gasteiger partial charge on any atom is -0.478 e. The van der Waals surface area contributed by atoms with E-state index in [9.17, 15) is 4.79 Å². The lowest BCUT2D eigenvalue weighted by atomic mass is 10.1. The number of carboxylic acids is 1. The molecular weight excluding hydrogens is 274 g/mol. The first kappa shape index (κ1) is 14.1. The van der Waals surface area contributed by atoms with Crippen molar-refractivity contribution in [3.05, 3.63) is 78.0 Å². The minimum absolute atomic E-state index is 0.755. The number of rotatable bonds is 4. The Morgan fingerprint density at radius 2 is 1.91 bits per heavy atom. The second kappa shape index (κ2) is 5.90. The summed E-state index contributed by atoms with van der Waals surface area (Å²) in [6, 6.07) is 18.4. The highest BCUT2D eigenvalue weighted by Crippen LogP contribution is 2.23. The lowest BCUT2D eigenvalue weighted by Gasteiger charge is -2.07. The van der Waals surface area contributed by atoms with Gasteiger partial charge in [0.2, 0.25) is 0 Å². The van der Waals surface area contributed by atoms with Gasteiger partial charge in [0.1, 0.15) is 0 Å². The molecule has 0 spiro atoms. The molecule has 0 aliphatic heterocycles. The average Bonchev–Trinajstić information content (AvgIpc) is 2.90. The third-order valence-corrected chi connectivity index (χ3v) is 3.76. The second-order valence-electron chi connectivity index (χ2n) is 5.37. The van der Waals surface area contributed by atoms with Crippen LogP contribution >= 0.6 is 0 Å². The number of hydrogen-bond donors (Lipinski definition) is 1. The van der Waals surface area contributed by atoms with Gasteiger partial charge in [0.15, 0.2) is 0 Å². The molecule has 0 saturated carbocycles. The van der Waals surface area contributed by atoms with Crippen LogP contribution in [-0.2, 0) is 11.3 Å². The standard InChI is InChI=1S/C19H17NO2/c1-14(11-19(21)22)16-7-8-18-17(12-16)9-10-20(18)13-15-5-3-2-4-6-15/h2-12H,13H2,1H3,(H,21,22)/b14-11+. The maximum atomic E-state index is 10.8. The maximum absolute atomic E-state index is 10.8. The predicted octanol–water partition coefficient (Wildman–Crippen LogP) is 4.18. The van der Waals surface area contributed by atoms with Crippen LogP contribution in [0, 0.1) is 0 Å². The molecule has 3 aromatic rings. The highest BCUT2D eigenvalue weighted by molar-refractivity contribution is 5.91. The van der Waals surface area contributed by atoms with Crippen LogP contribution in [0.25, 0.3) is 16.5 Å². The molecular formula is C19H17NO2. The molecule has 2 aromatic carbocycles. The normalized spacial score (nSPS) is 11.8. The van der Waals surface area contributed by atoms with Crippen molar-refractivity contribution in [2.45, 2.75) is 13.5 Å². The van der Waals surface area contributed by atoms with Crippen molar-refractivity contribution in [1.82, 2.24) is 4.57 Å². The average molecular weight is 291 g/mol. The van der Waals surface area contributed by atoms with Crippen LogP contribution in [0.15, 0.2) is 66.9 Å². The van der Waals surface area contributed by atoms with Gasteiger partial charge in [0, 0.05) is 29.7 Å². The molecule has 0 aliphatic carbocycles. The Hall–Kier alpha value is -2.81. The Morgan fingerprint density at radius 1 is 1.14 bits per heavy atom. The molecule has 0 saturated heterocycles. The van der Waals surface area contributed by atoms with Crippen LogP contribution in [0.2, 0.25) is 0 Å². The molecule has 22 heavy (non-hydrogen) atoms. The number of fused-ring (bicyclic) bond motifs is 1. The Kier molecular flexibility index (Phi) is 3.79. The fourth-order valence-corrected chi connectivity index (χ4v) is 2.63. The molecule has 1 aromatic heterocycles. The molecule has 110 valence electrons. The van der Waals surface area contributed by atoms with Crippen molar-refractivity contribution in [2.75, 3.05) is 0 Å². The van der Waals surface area contributed by atoms with Crippen LogP contribution in [0.5, 0.6) is 0 Å². The number of nitrogens with zero attached hydrogens (tertiary/aromatic N) is 1. The summed E-state index contributed by atoms with van der Waals surface area (Å²) in [5.41, 5.74) is 4.10. The van der Waals surface area contributed by atoms with Crippen molar-refractivity contribution in [3.63, 3.8) is 0 Å². The smallest absolute Gasteiger partial charge is 0.328 e. The molecule has 0 fully saturated rings. The third kappa shape index (κ3) is 2.93. The highest BCUT2D eigenvalue weighted by Gasteiger charge is 2.05. The molecule has 0 bridgehead atoms. The molecule has 3 rings (SSSR count). The van der Waals surface area contributed by atoms with Crippen molar-refractivity contribution in [2.24, 2.45) is 0 Å². The largest absolute Gasteiger partial charge is 0.478 e. The van der Waals surface area contributed by atoms with E-state index in [4.69, 9.17) is 5.11 Å². The van der Waals surface area contributed by atoms with Crippen LogP contribution in [-0.4, -0.2) is 15.6 Å². The Morgan fingerprint density at radius 3 is 2.64 bits per heavy atom. The van der Waals surface area contributed by atoms with Gasteiger partial charge in [0.25, 0.3) is 0 Å². The maximum Gasteiger partial charge on any atom is 0.328 e. The molecule has 1 heterocycles. The second-order valence-corrected chi connectivity index (χ2v) is 5.37. The van der Waals surface area contributed by atoms with Gasteiger partial charge in [-0.25, -0.2) is 4.79 Å². The van der Waals surface area contributed by atoms with Gasteiger partial charge >= 0.3 is 5.97 Å². The predicted molar refractivity (Wildman–Crippen MR) is 88.8 cm³/mol. The Bertz CT molecular complexity index is 844. The zero-order valence-electron chi connectivity index (χ0n) is 12.4. The summed E-state index contributed by atoms with van der Waals surface area (Å²) in [4.78, 5) is 10.8. The van der Waals surface area contributed by atoms with Crippen molar-refractivity contribution >= 4 is 22.4 Å². The molecule has 0 atom stereocenters. The van der Waals surface area contributed by atoms with E-state index >= 15 is 0 Å². The van der Waals surface area contributed by atoms with E-state index in [-0.39, 0.29) is 0 Å². The van der Waals surface area contributed by atoms with Crippen LogP contribution in [0.1, 0.15) is 18.1 Å². The summed E-state index contributed by atoms with van der Waals surface area (Å²) in [5.74, 6) is -0.917. The molecule has 0 amide bonds. The van der Waals surface area contributed by atoms with Gasteiger partial charge in [-0.3, -0.25) is 0 Å². The van der Waals surface area contributed by atoms with Crippen LogP contribution in [0.4, 0.5) is 0 Å². The van der Waals surface area contributed by atoms with E-state index < -0.39 is 5.97 Å². The van der Waals surface area contributed by atoms with E-state index in [0.29, 0.717) is 0 Å². The first-order chi connectivity index (χ1) is 10.6. The lowest BCUT2D eigenvalue weighted by molar-refractivity contribution is -0.131. The molecule has 0 aliphatic rings. The van der Waals surface area contributed by atoms with Gasteiger partial charge in [0.05, 0.1) is 0 Å². The summed E-state index contributed by atoms with van der Waals surface area (Å²) in [6.07, 6.45) is 3.31. The minimum atomic E-state index is -0.917. The molecule has 0 radical (unpaired) electrons. The van der Waals surface area contributed by atoms with Crippen LogP contribution in [0.3, 0.4) is 0 Å². The van der Waals surface area contributed by atoms with E-state index in [0.717, 1.165) is 28.6 Å². The number of hydrogen-bond acceptors (Lipinski definition) is 1.